The predicted octanol–water partition coefficient (Wildman–Crippen LogP) is 2.68. The number of hydrogen-bond donors (Lipinski definition) is 1. The van der Waals surface area contributed by atoms with Crippen molar-refractivity contribution in [3.63, 3.8) is 0 Å². The zero-order valence-electron chi connectivity index (χ0n) is 12.2. The van der Waals surface area contributed by atoms with E-state index in [4.69, 9.17) is 14.2 Å². The molecule has 0 radical (unpaired) electrons. The molecule has 4 nitrogen and oxygen atoms in total. The summed E-state index contributed by atoms with van der Waals surface area (Å²) in [4.78, 5) is 0. The number of fused-ring (bicyclic) bond motifs is 1. The topological polar surface area (TPSA) is 39.7 Å². The van der Waals surface area contributed by atoms with Crippen LogP contribution in [-0.2, 0) is 4.74 Å². The van der Waals surface area contributed by atoms with Gasteiger partial charge in [-0.05, 0) is 44.4 Å². The molecule has 110 valence electrons. The largest absolute Gasteiger partial charge is 0.486 e. The van der Waals surface area contributed by atoms with Gasteiger partial charge in [-0.25, -0.2) is 0 Å². The third-order valence-electron chi connectivity index (χ3n) is 4.04. The zero-order chi connectivity index (χ0) is 13.9. The minimum absolute atomic E-state index is 0.307. The normalized spacial score (nSPS) is 27.1. The first-order valence-corrected chi connectivity index (χ1v) is 7.49. The van der Waals surface area contributed by atoms with Crippen LogP contribution in [0.5, 0.6) is 11.5 Å². The first-order valence-electron chi connectivity index (χ1n) is 7.49. The van der Waals surface area contributed by atoms with Crippen molar-refractivity contribution in [2.75, 3.05) is 19.8 Å². The van der Waals surface area contributed by atoms with E-state index in [-0.39, 0.29) is 0 Å². The molecule has 3 atom stereocenters. The highest BCUT2D eigenvalue weighted by molar-refractivity contribution is 5.44. The van der Waals surface area contributed by atoms with Gasteiger partial charge in [-0.2, -0.15) is 0 Å². The molecule has 1 saturated heterocycles. The molecule has 0 saturated carbocycles. The van der Waals surface area contributed by atoms with Gasteiger partial charge in [-0.15, -0.1) is 0 Å². The minimum atomic E-state index is 0.307. The molecule has 0 aromatic heterocycles. The van der Waals surface area contributed by atoms with Gasteiger partial charge in [0.2, 0.25) is 0 Å². The second-order valence-electron chi connectivity index (χ2n) is 5.69. The zero-order valence-corrected chi connectivity index (χ0v) is 12.2. The van der Waals surface area contributed by atoms with Crippen LogP contribution in [0.4, 0.5) is 0 Å². The molecule has 0 amide bonds. The number of benzene rings is 1. The van der Waals surface area contributed by atoms with Crippen LogP contribution in [-0.4, -0.2) is 32.0 Å². The van der Waals surface area contributed by atoms with Crippen molar-refractivity contribution in [1.29, 1.82) is 0 Å². The lowest BCUT2D eigenvalue weighted by molar-refractivity contribution is 0.0116. The Morgan fingerprint density at radius 3 is 2.75 bits per heavy atom. The molecular weight excluding hydrogens is 254 g/mol. The third-order valence-corrected chi connectivity index (χ3v) is 4.04. The number of hydrogen-bond acceptors (Lipinski definition) is 4. The first-order chi connectivity index (χ1) is 9.72. The average molecular weight is 277 g/mol. The Labute approximate surface area is 120 Å². The van der Waals surface area contributed by atoms with Gasteiger partial charge >= 0.3 is 0 Å². The average Bonchev–Trinajstić information content (AvgIpc) is 2.47. The molecule has 2 heterocycles. The Morgan fingerprint density at radius 2 is 1.95 bits per heavy atom. The van der Waals surface area contributed by atoms with Gasteiger partial charge < -0.3 is 19.5 Å². The molecule has 3 unspecified atom stereocenters. The predicted molar refractivity (Wildman–Crippen MR) is 77.4 cm³/mol. The van der Waals surface area contributed by atoms with Gasteiger partial charge in [-0.1, -0.05) is 6.07 Å². The summed E-state index contributed by atoms with van der Waals surface area (Å²) in [6, 6.07) is 7.06. The molecule has 1 aromatic rings. The van der Waals surface area contributed by atoms with Gasteiger partial charge in [0.15, 0.2) is 11.5 Å². The first kappa shape index (κ1) is 13.7. The van der Waals surface area contributed by atoms with E-state index in [9.17, 15) is 0 Å². The second-order valence-corrected chi connectivity index (χ2v) is 5.69. The number of nitrogens with one attached hydrogen (secondary N) is 1. The SMILES string of the molecule is CC1CC(NC(C)c2ccc3c(c2)OCCO3)CCO1. The highest BCUT2D eigenvalue weighted by Gasteiger charge is 2.22. The highest BCUT2D eigenvalue weighted by Crippen LogP contribution is 2.32. The maximum absolute atomic E-state index is 5.65. The molecule has 1 N–H and O–H groups in total. The Morgan fingerprint density at radius 1 is 1.15 bits per heavy atom. The van der Waals surface area contributed by atoms with E-state index in [0.717, 1.165) is 30.9 Å². The van der Waals surface area contributed by atoms with Gasteiger partial charge in [0, 0.05) is 18.7 Å². The summed E-state index contributed by atoms with van der Waals surface area (Å²) in [6.45, 7) is 6.47. The van der Waals surface area contributed by atoms with E-state index in [0.29, 0.717) is 31.4 Å². The molecule has 20 heavy (non-hydrogen) atoms. The molecule has 3 rings (SSSR count). The van der Waals surface area contributed by atoms with Crippen LogP contribution in [0.2, 0.25) is 0 Å². The number of rotatable bonds is 3. The fourth-order valence-corrected chi connectivity index (χ4v) is 2.93. The lowest BCUT2D eigenvalue weighted by Crippen LogP contribution is -2.39. The van der Waals surface area contributed by atoms with E-state index in [1.54, 1.807) is 0 Å². The van der Waals surface area contributed by atoms with Crippen molar-refractivity contribution in [3.05, 3.63) is 23.8 Å². The van der Waals surface area contributed by atoms with Crippen LogP contribution in [0.3, 0.4) is 0 Å². The van der Waals surface area contributed by atoms with Crippen molar-refractivity contribution >= 4 is 0 Å². The van der Waals surface area contributed by atoms with Crippen LogP contribution in [0.15, 0.2) is 18.2 Å². The summed E-state index contributed by atoms with van der Waals surface area (Å²) in [6.07, 6.45) is 2.52. The van der Waals surface area contributed by atoms with Crippen molar-refractivity contribution in [3.8, 4) is 11.5 Å². The standard InChI is InChI=1S/C16H23NO3/c1-11-9-14(5-6-18-11)17-12(2)13-3-4-15-16(10-13)20-8-7-19-15/h3-4,10-12,14,17H,5-9H2,1-2H3. The van der Waals surface area contributed by atoms with E-state index in [1.807, 2.05) is 6.07 Å². The molecule has 1 aromatic carbocycles. The molecule has 0 bridgehead atoms. The molecule has 2 aliphatic rings. The second kappa shape index (κ2) is 6.02. The molecular formula is C16H23NO3. The third kappa shape index (κ3) is 3.07. The lowest BCUT2D eigenvalue weighted by Gasteiger charge is -2.31. The number of ether oxygens (including phenoxy) is 3. The molecule has 2 aliphatic heterocycles. The molecule has 1 fully saturated rings. The van der Waals surface area contributed by atoms with Crippen LogP contribution >= 0.6 is 0 Å². The van der Waals surface area contributed by atoms with Gasteiger partial charge in [0.25, 0.3) is 0 Å². The molecule has 4 heteroatoms. The van der Waals surface area contributed by atoms with E-state index >= 15 is 0 Å². The fourth-order valence-electron chi connectivity index (χ4n) is 2.93. The Hall–Kier alpha value is -1.26. The maximum atomic E-state index is 5.65. The van der Waals surface area contributed by atoms with Crippen LogP contribution in [0, 0.1) is 0 Å². The van der Waals surface area contributed by atoms with Crippen LogP contribution in [0.25, 0.3) is 0 Å². The maximum Gasteiger partial charge on any atom is 0.161 e. The Balaban J connectivity index is 1.66. The lowest BCUT2D eigenvalue weighted by atomic mass is 10.0. The summed E-state index contributed by atoms with van der Waals surface area (Å²) in [5.41, 5.74) is 1.24. The van der Waals surface area contributed by atoms with E-state index in [1.165, 1.54) is 5.56 Å². The summed E-state index contributed by atoms with van der Waals surface area (Å²) < 4.78 is 16.8. The monoisotopic (exact) mass is 277 g/mol. The minimum Gasteiger partial charge on any atom is -0.486 e. The van der Waals surface area contributed by atoms with Gasteiger partial charge in [-0.3, -0.25) is 0 Å². The Bertz CT molecular complexity index is 463. The smallest absolute Gasteiger partial charge is 0.161 e. The van der Waals surface area contributed by atoms with Crippen LogP contribution < -0.4 is 14.8 Å². The molecule has 0 spiro atoms. The van der Waals surface area contributed by atoms with Crippen LogP contribution in [0.1, 0.15) is 38.3 Å². The summed E-state index contributed by atoms with van der Waals surface area (Å²) in [5.74, 6) is 1.72. The highest BCUT2D eigenvalue weighted by atomic mass is 16.6. The van der Waals surface area contributed by atoms with E-state index in [2.05, 4.69) is 31.3 Å². The summed E-state index contributed by atoms with van der Waals surface area (Å²) in [7, 11) is 0. The van der Waals surface area contributed by atoms with E-state index < -0.39 is 0 Å². The van der Waals surface area contributed by atoms with Gasteiger partial charge in [0.1, 0.15) is 13.2 Å². The molecule has 0 aliphatic carbocycles. The summed E-state index contributed by atoms with van der Waals surface area (Å²) >= 11 is 0. The van der Waals surface area contributed by atoms with Crippen molar-refractivity contribution in [1.82, 2.24) is 5.32 Å². The fraction of sp³-hybridized carbons (Fsp3) is 0.625. The quantitative estimate of drug-likeness (QED) is 0.922. The Kier molecular flexibility index (Phi) is 4.13. The summed E-state index contributed by atoms with van der Waals surface area (Å²) in [5, 5.41) is 3.70. The van der Waals surface area contributed by atoms with Crippen molar-refractivity contribution < 1.29 is 14.2 Å². The van der Waals surface area contributed by atoms with Crippen molar-refractivity contribution in [2.45, 2.75) is 44.9 Å². The van der Waals surface area contributed by atoms with Crippen molar-refractivity contribution in [2.24, 2.45) is 0 Å². The van der Waals surface area contributed by atoms with Gasteiger partial charge in [0.05, 0.1) is 6.10 Å².